The molecule has 1 aromatic heterocycles. The van der Waals surface area contributed by atoms with E-state index in [9.17, 15) is 45.6 Å². The molecule has 0 saturated carbocycles. The first-order chi connectivity index (χ1) is 19.0. The van der Waals surface area contributed by atoms with Gasteiger partial charge in [-0.2, -0.15) is 0 Å². The molecule has 0 spiro atoms. The summed E-state index contributed by atoms with van der Waals surface area (Å²) >= 11 is 0. The van der Waals surface area contributed by atoms with Crippen LogP contribution in [0.2, 0.25) is 0 Å². The summed E-state index contributed by atoms with van der Waals surface area (Å²) in [4.78, 5) is 12.8. The number of aromatic hydroxyl groups is 2. The van der Waals surface area contributed by atoms with Gasteiger partial charge in [0.05, 0.1) is 19.8 Å². The van der Waals surface area contributed by atoms with E-state index in [0.29, 0.717) is 5.56 Å². The monoisotopic (exact) mass is 564 g/mol. The van der Waals surface area contributed by atoms with E-state index in [1.165, 1.54) is 36.4 Å². The lowest BCUT2D eigenvalue weighted by Gasteiger charge is -2.42. The highest BCUT2D eigenvalue weighted by molar-refractivity contribution is 5.86. The number of hydrogen-bond donors (Lipinski definition) is 8. The zero-order valence-electron chi connectivity index (χ0n) is 20.7. The van der Waals surface area contributed by atoms with E-state index in [0.717, 1.165) is 6.07 Å². The molecule has 2 fully saturated rings. The Morgan fingerprint density at radius 2 is 1.70 bits per heavy atom. The van der Waals surface area contributed by atoms with Crippen LogP contribution in [-0.2, 0) is 14.2 Å². The summed E-state index contributed by atoms with van der Waals surface area (Å²) < 4.78 is 28.0. The molecule has 2 saturated heterocycles. The zero-order valence-corrected chi connectivity index (χ0v) is 20.7. The predicted octanol–water partition coefficient (Wildman–Crippen LogP) is -1.49. The van der Waals surface area contributed by atoms with Crippen molar-refractivity contribution in [3.8, 4) is 28.6 Å². The molecular weight excluding hydrogens is 536 g/mol. The first-order valence-electron chi connectivity index (χ1n) is 12.2. The second kappa shape index (κ2) is 10.9. The van der Waals surface area contributed by atoms with E-state index in [-0.39, 0.29) is 28.2 Å². The van der Waals surface area contributed by atoms with Crippen LogP contribution in [0, 0.1) is 0 Å². The third kappa shape index (κ3) is 5.12. The molecule has 0 unspecified atom stereocenters. The summed E-state index contributed by atoms with van der Waals surface area (Å²) in [6.45, 7) is -2.06. The van der Waals surface area contributed by atoms with Gasteiger partial charge in [0, 0.05) is 23.8 Å². The van der Waals surface area contributed by atoms with Crippen molar-refractivity contribution in [2.24, 2.45) is 0 Å². The normalized spacial score (nSPS) is 32.4. The molecule has 2 aliphatic heterocycles. The number of fused-ring (bicyclic) bond motifs is 1. The maximum Gasteiger partial charge on any atom is 0.229 e. The molecule has 40 heavy (non-hydrogen) atoms. The van der Waals surface area contributed by atoms with Crippen LogP contribution in [0.15, 0.2) is 51.7 Å². The lowest BCUT2D eigenvalue weighted by atomic mass is 9.98. The Morgan fingerprint density at radius 1 is 0.975 bits per heavy atom. The lowest BCUT2D eigenvalue weighted by molar-refractivity contribution is -0.318. The molecule has 0 radical (unpaired) electrons. The van der Waals surface area contributed by atoms with E-state index in [2.05, 4.69) is 0 Å². The van der Waals surface area contributed by atoms with Crippen LogP contribution in [0.1, 0.15) is 0 Å². The molecule has 2 aliphatic rings. The van der Waals surface area contributed by atoms with Gasteiger partial charge in [-0.1, -0.05) is 0 Å². The van der Waals surface area contributed by atoms with Crippen LogP contribution in [0.25, 0.3) is 22.3 Å². The molecule has 216 valence electrons. The molecule has 8 atom stereocenters. The minimum Gasteiger partial charge on any atom is -0.508 e. The van der Waals surface area contributed by atoms with Gasteiger partial charge in [-0.3, -0.25) is 4.79 Å². The Morgan fingerprint density at radius 3 is 2.35 bits per heavy atom. The van der Waals surface area contributed by atoms with Crippen LogP contribution in [-0.4, -0.2) is 109 Å². The van der Waals surface area contributed by atoms with Gasteiger partial charge in [0.15, 0.2) is 17.8 Å². The van der Waals surface area contributed by atoms with Crippen molar-refractivity contribution in [2.75, 3.05) is 19.8 Å². The molecule has 0 bridgehead atoms. The van der Waals surface area contributed by atoms with Crippen molar-refractivity contribution in [3.63, 3.8) is 0 Å². The third-order valence-electron chi connectivity index (χ3n) is 6.88. The largest absolute Gasteiger partial charge is 0.508 e. The highest BCUT2D eigenvalue weighted by Crippen LogP contribution is 2.35. The number of aliphatic hydroxyl groups excluding tert-OH is 5. The average molecular weight is 564 g/mol. The number of phenolic OH excluding ortho intramolecular Hbond substituents is 2. The van der Waals surface area contributed by atoms with E-state index in [1.54, 1.807) is 0 Å². The first kappa shape index (κ1) is 28.2. The Bertz CT molecular complexity index is 1410. The molecule has 3 heterocycles. The van der Waals surface area contributed by atoms with Crippen molar-refractivity contribution in [1.82, 2.24) is 0 Å². The number of hydrogen-bond acceptors (Lipinski definition) is 14. The highest BCUT2D eigenvalue weighted by atomic mass is 16.8. The second-order valence-corrected chi connectivity index (χ2v) is 9.65. The lowest BCUT2D eigenvalue weighted by Crippen LogP contribution is -2.62. The highest BCUT2D eigenvalue weighted by Gasteiger charge is 2.53. The summed E-state index contributed by atoms with van der Waals surface area (Å²) in [5, 5.41) is 80.7. The van der Waals surface area contributed by atoms with Crippen LogP contribution < -0.4 is 10.2 Å². The van der Waals surface area contributed by atoms with Crippen molar-refractivity contribution in [1.29, 1.82) is 0 Å². The molecule has 5 rings (SSSR count). The van der Waals surface area contributed by atoms with Gasteiger partial charge in [0.1, 0.15) is 64.0 Å². The molecule has 0 aliphatic carbocycles. The van der Waals surface area contributed by atoms with Gasteiger partial charge in [0.25, 0.3) is 0 Å². The maximum absolute atomic E-state index is 12.8. The average Bonchev–Trinajstić information content (AvgIpc) is 3.21. The first-order valence-corrected chi connectivity index (χ1v) is 12.2. The van der Waals surface area contributed by atoms with Crippen molar-refractivity contribution < 1.29 is 64.2 Å². The molecule has 8 N–H and O–H groups in total. The van der Waals surface area contributed by atoms with Crippen molar-refractivity contribution in [2.45, 2.75) is 48.7 Å². The second-order valence-electron chi connectivity index (χ2n) is 9.65. The van der Waals surface area contributed by atoms with Gasteiger partial charge < -0.3 is 64.2 Å². The van der Waals surface area contributed by atoms with Gasteiger partial charge in [-0.05, 0) is 24.3 Å². The van der Waals surface area contributed by atoms with E-state index in [1.807, 2.05) is 0 Å². The Hall–Kier alpha value is -3.31. The Balaban J connectivity index is 1.47. The minimum atomic E-state index is -2.04. The summed E-state index contributed by atoms with van der Waals surface area (Å²) in [7, 11) is 0. The van der Waals surface area contributed by atoms with Crippen LogP contribution in [0.5, 0.6) is 17.2 Å². The predicted molar refractivity (Wildman–Crippen MR) is 132 cm³/mol. The molecule has 14 nitrogen and oxygen atoms in total. The number of benzene rings is 2. The van der Waals surface area contributed by atoms with E-state index >= 15 is 0 Å². The smallest absolute Gasteiger partial charge is 0.229 e. The molecular formula is C26H28O14. The fourth-order valence-corrected chi connectivity index (χ4v) is 4.57. The summed E-state index contributed by atoms with van der Waals surface area (Å²) in [5.74, 6) is -0.496. The zero-order chi connectivity index (χ0) is 28.8. The van der Waals surface area contributed by atoms with Gasteiger partial charge in [-0.25, -0.2) is 0 Å². The van der Waals surface area contributed by atoms with Crippen molar-refractivity contribution >= 4 is 11.0 Å². The minimum absolute atomic E-state index is 0.00882. The van der Waals surface area contributed by atoms with Gasteiger partial charge in [-0.15, -0.1) is 0 Å². The molecule has 3 aromatic rings. The molecule has 14 heteroatoms. The van der Waals surface area contributed by atoms with E-state index < -0.39 is 79.7 Å². The topological polar surface area (TPSA) is 229 Å². The standard InChI is InChI=1S/C26H28O14/c27-8-18-20(32)21(33)22(40-25-23(34)26(35,9-28)10-36-25)24(39-18)37-13-5-14(30)19-15(31)7-16(38-17(19)6-13)11-1-3-12(29)4-2-11/h1-7,18,20-25,27-30,32-35H,8-10H2/t18-,20-,21-,22-,23-,24-,25-,26+/m1/s1. The SMILES string of the molecule is O=c1cc(-c2ccc(O)cc2)oc2cc(O[C@@H]3O[C@H](CO)[C@@H](O)[C@@H](O)[C@H]3O[C@H]3OC[C@@](O)(CO)[C@@H]3O)cc(O)c12. The Kier molecular flexibility index (Phi) is 7.71. The van der Waals surface area contributed by atoms with Crippen LogP contribution in [0.4, 0.5) is 0 Å². The van der Waals surface area contributed by atoms with Crippen LogP contribution in [0.3, 0.4) is 0 Å². The quantitative estimate of drug-likeness (QED) is 0.164. The number of aliphatic hydroxyl groups is 6. The molecule has 2 aromatic carbocycles. The fourth-order valence-electron chi connectivity index (χ4n) is 4.57. The fraction of sp³-hybridized carbons (Fsp3) is 0.423. The summed E-state index contributed by atoms with van der Waals surface area (Å²) in [6.07, 6.45) is -11.2. The number of phenols is 2. The Labute approximate surface area is 225 Å². The maximum atomic E-state index is 12.8. The summed E-state index contributed by atoms with van der Waals surface area (Å²) in [5.41, 5.74) is -2.22. The van der Waals surface area contributed by atoms with Crippen molar-refractivity contribution in [3.05, 3.63) is 52.7 Å². The number of rotatable bonds is 7. The molecule has 0 amide bonds. The number of ether oxygens (including phenoxy) is 4. The van der Waals surface area contributed by atoms with Crippen LogP contribution >= 0.6 is 0 Å². The van der Waals surface area contributed by atoms with Gasteiger partial charge in [0.2, 0.25) is 6.29 Å². The van der Waals surface area contributed by atoms with Gasteiger partial charge >= 0.3 is 0 Å². The van der Waals surface area contributed by atoms with E-state index in [4.69, 9.17) is 23.4 Å². The third-order valence-corrected chi connectivity index (χ3v) is 6.88. The summed E-state index contributed by atoms with van der Waals surface area (Å²) in [6, 6.07) is 9.37.